The second-order valence-electron chi connectivity index (χ2n) is 4.88. The molecule has 1 aromatic heterocycles. The van der Waals surface area contributed by atoms with Gasteiger partial charge in [-0.15, -0.1) is 0 Å². The molecule has 2 aromatic rings. The van der Waals surface area contributed by atoms with Crippen LogP contribution < -0.4 is 16.8 Å². The first-order valence-electron chi connectivity index (χ1n) is 6.54. The number of amides is 1. The summed E-state index contributed by atoms with van der Waals surface area (Å²) in [5.74, 6) is 0.746. The molecule has 5 N–H and O–H groups in total. The first kappa shape index (κ1) is 14.0. The minimum atomic E-state index is -0.170. The molecule has 5 nitrogen and oxygen atoms in total. The van der Waals surface area contributed by atoms with Crippen molar-refractivity contribution in [3.05, 3.63) is 47.9 Å². The molecule has 2 rings (SSSR count). The Balaban J connectivity index is 1.90. The van der Waals surface area contributed by atoms with Crippen LogP contribution in [0.1, 0.15) is 29.5 Å². The van der Waals surface area contributed by atoms with E-state index >= 15 is 0 Å². The zero-order valence-electron chi connectivity index (χ0n) is 11.4. The van der Waals surface area contributed by atoms with E-state index in [2.05, 4.69) is 5.32 Å². The van der Waals surface area contributed by atoms with Crippen molar-refractivity contribution in [3.63, 3.8) is 0 Å². The number of nitrogens with one attached hydrogen (secondary N) is 1. The summed E-state index contributed by atoms with van der Waals surface area (Å²) in [4.78, 5) is 12.1. The summed E-state index contributed by atoms with van der Waals surface area (Å²) < 4.78 is 5.26. The van der Waals surface area contributed by atoms with Crippen LogP contribution in [0.4, 0.5) is 11.4 Å². The van der Waals surface area contributed by atoms with Gasteiger partial charge in [-0.25, -0.2) is 0 Å². The fourth-order valence-corrected chi connectivity index (χ4v) is 2.00. The highest BCUT2D eigenvalue weighted by Crippen LogP contribution is 2.14. The topological polar surface area (TPSA) is 94.3 Å². The summed E-state index contributed by atoms with van der Waals surface area (Å²) >= 11 is 0. The van der Waals surface area contributed by atoms with Crippen molar-refractivity contribution in [3.8, 4) is 0 Å². The maximum atomic E-state index is 12.1. The van der Waals surface area contributed by atoms with Gasteiger partial charge in [0.15, 0.2) is 0 Å². The predicted molar refractivity (Wildman–Crippen MR) is 79.2 cm³/mol. The molecule has 1 unspecified atom stereocenters. The van der Waals surface area contributed by atoms with Gasteiger partial charge in [0.05, 0.1) is 6.26 Å². The average molecular weight is 273 g/mol. The summed E-state index contributed by atoms with van der Waals surface area (Å²) in [5.41, 5.74) is 12.8. The van der Waals surface area contributed by atoms with Crippen molar-refractivity contribution < 1.29 is 9.21 Å². The second kappa shape index (κ2) is 6.14. The first-order valence-corrected chi connectivity index (χ1v) is 6.54. The molecule has 5 heteroatoms. The fraction of sp³-hybridized carbons (Fsp3) is 0.267. The summed E-state index contributed by atoms with van der Waals surface area (Å²) in [6.45, 7) is 1.95. The number of carbonyl (C=O) groups is 1. The van der Waals surface area contributed by atoms with E-state index in [1.807, 2.05) is 19.1 Å². The van der Waals surface area contributed by atoms with Gasteiger partial charge in [-0.05, 0) is 43.7 Å². The lowest BCUT2D eigenvalue weighted by atomic mass is 10.1. The number of benzene rings is 1. The number of nitrogens with two attached hydrogens (primary N) is 2. The van der Waals surface area contributed by atoms with E-state index in [4.69, 9.17) is 15.9 Å². The smallest absolute Gasteiger partial charge is 0.251 e. The second-order valence-corrected chi connectivity index (χ2v) is 4.88. The largest absolute Gasteiger partial charge is 0.469 e. The average Bonchev–Trinajstić information content (AvgIpc) is 2.88. The molecule has 1 atom stereocenters. The monoisotopic (exact) mass is 273 g/mol. The molecule has 0 saturated carbocycles. The van der Waals surface area contributed by atoms with Crippen molar-refractivity contribution in [2.24, 2.45) is 0 Å². The van der Waals surface area contributed by atoms with Crippen molar-refractivity contribution in [1.82, 2.24) is 5.32 Å². The molecule has 1 amide bonds. The Labute approximate surface area is 117 Å². The molecular formula is C15H19N3O2. The van der Waals surface area contributed by atoms with E-state index in [-0.39, 0.29) is 11.9 Å². The Morgan fingerprint density at radius 2 is 2.00 bits per heavy atom. The van der Waals surface area contributed by atoms with Gasteiger partial charge in [0, 0.05) is 29.4 Å². The van der Waals surface area contributed by atoms with Crippen LogP contribution in [0, 0.1) is 0 Å². The van der Waals surface area contributed by atoms with Crippen LogP contribution >= 0.6 is 0 Å². The van der Waals surface area contributed by atoms with E-state index in [0.717, 1.165) is 18.6 Å². The molecule has 0 bridgehead atoms. The normalized spacial score (nSPS) is 12.1. The van der Waals surface area contributed by atoms with Crippen LogP contribution in [0.2, 0.25) is 0 Å². The number of carbonyl (C=O) groups excluding carboxylic acids is 1. The van der Waals surface area contributed by atoms with E-state index < -0.39 is 0 Å². The van der Waals surface area contributed by atoms with Gasteiger partial charge in [-0.2, -0.15) is 0 Å². The molecule has 0 fully saturated rings. The lowest BCUT2D eigenvalue weighted by Crippen LogP contribution is -2.33. The number of hydrogen-bond donors (Lipinski definition) is 3. The molecule has 0 aliphatic rings. The lowest BCUT2D eigenvalue weighted by Gasteiger charge is -2.13. The first-order chi connectivity index (χ1) is 9.54. The third kappa shape index (κ3) is 3.78. The van der Waals surface area contributed by atoms with Crippen molar-refractivity contribution >= 4 is 17.3 Å². The van der Waals surface area contributed by atoms with Crippen LogP contribution in [0.5, 0.6) is 0 Å². The van der Waals surface area contributed by atoms with Crippen LogP contribution in [-0.2, 0) is 6.42 Å². The molecule has 0 aliphatic heterocycles. The Kier molecular flexibility index (Phi) is 4.30. The maximum Gasteiger partial charge on any atom is 0.251 e. The molecule has 0 spiro atoms. The van der Waals surface area contributed by atoms with Crippen molar-refractivity contribution in [2.75, 3.05) is 11.5 Å². The van der Waals surface area contributed by atoms with E-state index in [1.54, 1.807) is 24.5 Å². The van der Waals surface area contributed by atoms with Crippen LogP contribution in [0.3, 0.4) is 0 Å². The SMILES string of the molecule is CC(CCc1ccco1)NC(=O)c1cc(N)cc(N)c1. The summed E-state index contributed by atoms with van der Waals surface area (Å²) in [5, 5.41) is 2.92. The number of hydrogen-bond acceptors (Lipinski definition) is 4. The Bertz CT molecular complexity index is 559. The number of aryl methyl sites for hydroxylation is 1. The molecule has 1 heterocycles. The minimum absolute atomic E-state index is 0.0373. The minimum Gasteiger partial charge on any atom is -0.469 e. The third-order valence-electron chi connectivity index (χ3n) is 3.02. The highest BCUT2D eigenvalue weighted by atomic mass is 16.3. The zero-order chi connectivity index (χ0) is 14.5. The lowest BCUT2D eigenvalue weighted by molar-refractivity contribution is 0.0938. The van der Waals surface area contributed by atoms with Gasteiger partial charge < -0.3 is 21.2 Å². The van der Waals surface area contributed by atoms with E-state index in [9.17, 15) is 4.79 Å². The highest BCUT2D eigenvalue weighted by Gasteiger charge is 2.11. The molecule has 20 heavy (non-hydrogen) atoms. The van der Waals surface area contributed by atoms with Crippen molar-refractivity contribution in [2.45, 2.75) is 25.8 Å². The quantitative estimate of drug-likeness (QED) is 0.728. The number of furan rings is 1. The Morgan fingerprint density at radius 1 is 1.30 bits per heavy atom. The van der Waals surface area contributed by atoms with Crippen molar-refractivity contribution in [1.29, 1.82) is 0 Å². The highest BCUT2D eigenvalue weighted by molar-refractivity contribution is 5.96. The number of nitrogen functional groups attached to an aromatic ring is 2. The summed E-state index contributed by atoms with van der Waals surface area (Å²) in [7, 11) is 0. The van der Waals surface area contributed by atoms with Gasteiger partial charge in [-0.1, -0.05) is 0 Å². The molecule has 0 aliphatic carbocycles. The van der Waals surface area contributed by atoms with Gasteiger partial charge in [-0.3, -0.25) is 4.79 Å². The van der Waals surface area contributed by atoms with Gasteiger partial charge in [0.25, 0.3) is 5.91 Å². The van der Waals surface area contributed by atoms with E-state index in [1.165, 1.54) is 0 Å². The maximum absolute atomic E-state index is 12.1. The summed E-state index contributed by atoms with van der Waals surface area (Å²) in [6, 6.07) is 8.67. The zero-order valence-corrected chi connectivity index (χ0v) is 11.4. The Hall–Kier alpha value is -2.43. The number of anilines is 2. The van der Waals surface area contributed by atoms with Gasteiger partial charge in [0.1, 0.15) is 5.76 Å². The number of rotatable bonds is 5. The van der Waals surface area contributed by atoms with Gasteiger partial charge >= 0.3 is 0 Å². The standard InChI is InChI=1S/C15H19N3O2/c1-10(4-5-14-3-2-6-20-14)18-15(19)11-7-12(16)9-13(17)8-11/h2-3,6-10H,4-5,16-17H2,1H3,(H,18,19). The molecule has 0 radical (unpaired) electrons. The van der Waals surface area contributed by atoms with Crippen LogP contribution in [0.25, 0.3) is 0 Å². The molecule has 0 saturated heterocycles. The van der Waals surface area contributed by atoms with Gasteiger partial charge in [0.2, 0.25) is 0 Å². The van der Waals surface area contributed by atoms with Crippen LogP contribution in [0.15, 0.2) is 41.0 Å². The predicted octanol–water partition coefficient (Wildman–Crippen LogP) is 2.20. The Morgan fingerprint density at radius 3 is 2.60 bits per heavy atom. The van der Waals surface area contributed by atoms with E-state index in [0.29, 0.717) is 16.9 Å². The molecule has 1 aromatic carbocycles. The third-order valence-corrected chi connectivity index (χ3v) is 3.02. The molecular weight excluding hydrogens is 254 g/mol. The molecule has 106 valence electrons. The fourth-order valence-electron chi connectivity index (χ4n) is 2.00. The van der Waals surface area contributed by atoms with Crippen LogP contribution in [-0.4, -0.2) is 11.9 Å². The summed E-state index contributed by atoms with van der Waals surface area (Å²) in [6.07, 6.45) is 3.23.